The lowest BCUT2D eigenvalue weighted by atomic mass is 10.0. The summed E-state index contributed by atoms with van der Waals surface area (Å²) in [5.41, 5.74) is 3.55. The summed E-state index contributed by atoms with van der Waals surface area (Å²) in [6.45, 7) is 6.16. The number of alkyl halides is 2. The maximum Gasteiger partial charge on any atom is 0.205 e. The molecule has 0 saturated heterocycles. The molecule has 17 heavy (non-hydrogen) atoms. The molecule has 2 rings (SSSR count). The van der Waals surface area contributed by atoms with Crippen molar-refractivity contribution in [1.29, 1.82) is 0 Å². The minimum absolute atomic E-state index is 0.347. The van der Waals surface area contributed by atoms with Crippen molar-refractivity contribution in [1.82, 2.24) is 4.98 Å². The highest BCUT2D eigenvalue weighted by molar-refractivity contribution is 6.18. The van der Waals surface area contributed by atoms with Crippen LogP contribution >= 0.6 is 23.2 Å². The number of aromatic nitrogens is 1. The van der Waals surface area contributed by atoms with Crippen LogP contribution in [0.15, 0.2) is 0 Å². The zero-order valence-electron chi connectivity index (χ0n) is 10.1. The Balaban J connectivity index is 2.57. The Morgan fingerprint density at radius 3 is 2.59 bits per heavy atom. The number of rotatable bonds is 2. The Hall–Kier alpha value is -0.510. The van der Waals surface area contributed by atoms with Crippen LogP contribution in [0, 0.1) is 6.92 Å². The van der Waals surface area contributed by atoms with Gasteiger partial charge in [-0.15, -0.1) is 23.2 Å². The number of pyridine rings is 1. The molecule has 0 spiro atoms. The second-order valence-corrected chi connectivity index (χ2v) is 5.02. The Kier molecular flexibility index (Phi) is 3.53. The molecule has 0 aromatic carbocycles. The maximum absolute atomic E-state index is 5.96. The van der Waals surface area contributed by atoms with E-state index in [1.54, 1.807) is 0 Å². The maximum atomic E-state index is 5.96. The highest BCUT2D eigenvalue weighted by Crippen LogP contribution is 2.37. The number of fused-ring (bicyclic) bond motifs is 1. The van der Waals surface area contributed by atoms with Crippen molar-refractivity contribution < 1.29 is 9.47 Å². The van der Waals surface area contributed by atoms with Gasteiger partial charge in [-0.3, -0.25) is 4.98 Å². The number of aryl methyl sites for hydroxylation is 1. The van der Waals surface area contributed by atoms with Crippen LogP contribution in [0.5, 0.6) is 5.75 Å². The third-order valence-corrected chi connectivity index (χ3v) is 3.31. The van der Waals surface area contributed by atoms with Gasteiger partial charge < -0.3 is 9.47 Å². The smallest absolute Gasteiger partial charge is 0.205 e. The van der Waals surface area contributed by atoms with Gasteiger partial charge in [0.2, 0.25) is 5.79 Å². The van der Waals surface area contributed by atoms with Crippen molar-refractivity contribution in [3.8, 4) is 5.75 Å². The van der Waals surface area contributed by atoms with E-state index in [0.29, 0.717) is 18.4 Å². The lowest BCUT2D eigenvalue weighted by Crippen LogP contribution is -2.36. The van der Waals surface area contributed by atoms with E-state index >= 15 is 0 Å². The molecule has 0 saturated carbocycles. The molecule has 94 valence electrons. The summed E-state index contributed by atoms with van der Waals surface area (Å²) in [5, 5.41) is 0. The van der Waals surface area contributed by atoms with Gasteiger partial charge in [-0.05, 0) is 12.5 Å². The summed E-state index contributed by atoms with van der Waals surface area (Å²) in [6, 6.07) is 0. The van der Waals surface area contributed by atoms with Gasteiger partial charge in [0.1, 0.15) is 5.75 Å². The molecule has 3 nitrogen and oxygen atoms in total. The highest BCUT2D eigenvalue weighted by Gasteiger charge is 2.31. The standard InChI is InChI=1S/C12H15Cl2NO2/c1-7-11-9(6-16-12(2,3)17-11)8(4-13)10(5-14)15-7/h4-6H2,1-3H3. The van der Waals surface area contributed by atoms with E-state index in [2.05, 4.69) is 4.98 Å². The molecule has 1 aromatic heterocycles. The first-order valence-electron chi connectivity index (χ1n) is 5.44. The average Bonchev–Trinajstić information content (AvgIpc) is 2.28. The van der Waals surface area contributed by atoms with E-state index in [4.69, 9.17) is 32.7 Å². The summed E-state index contributed by atoms with van der Waals surface area (Å²) in [6.07, 6.45) is 0. The third-order valence-electron chi connectivity index (χ3n) is 2.79. The van der Waals surface area contributed by atoms with E-state index in [1.807, 2.05) is 20.8 Å². The first-order chi connectivity index (χ1) is 7.98. The summed E-state index contributed by atoms with van der Waals surface area (Å²) in [7, 11) is 0. The zero-order chi connectivity index (χ0) is 12.6. The van der Waals surface area contributed by atoms with Crippen LogP contribution < -0.4 is 4.74 Å². The summed E-state index contributed by atoms with van der Waals surface area (Å²) in [4.78, 5) is 4.44. The number of halogens is 2. The van der Waals surface area contributed by atoms with Crippen molar-refractivity contribution in [2.45, 2.75) is 44.9 Å². The fraction of sp³-hybridized carbons (Fsp3) is 0.583. The van der Waals surface area contributed by atoms with E-state index < -0.39 is 5.79 Å². The Morgan fingerprint density at radius 2 is 2.00 bits per heavy atom. The minimum Gasteiger partial charge on any atom is -0.461 e. The zero-order valence-corrected chi connectivity index (χ0v) is 11.7. The van der Waals surface area contributed by atoms with Crippen LogP contribution in [-0.4, -0.2) is 10.8 Å². The van der Waals surface area contributed by atoms with Gasteiger partial charge in [-0.1, -0.05) is 0 Å². The van der Waals surface area contributed by atoms with Crippen molar-refractivity contribution in [3.05, 3.63) is 22.5 Å². The predicted octanol–water partition coefficient (Wildman–Crippen LogP) is 3.51. The molecule has 0 aliphatic carbocycles. The van der Waals surface area contributed by atoms with Crippen molar-refractivity contribution in [3.63, 3.8) is 0 Å². The lowest BCUT2D eigenvalue weighted by Gasteiger charge is -2.34. The highest BCUT2D eigenvalue weighted by atomic mass is 35.5. The van der Waals surface area contributed by atoms with E-state index in [9.17, 15) is 0 Å². The topological polar surface area (TPSA) is 31.4 Å². The molecule has 0 radical (unpaired) electrons. The molecular formula is C12H15Cl2NO2. The summed E-state index contributed by atoms with van der Waals surface area (Å²) < 4.78 is 11.4. The molecular weight excluding hydrogens is 261 g/mol. The molecule has 0 fully saturated rings. The second kappa shape index (κ2) is 4.63. The van der Waals surface area contributed by atoms with Crippen LogP contribution in [0.1, 0.15) is 36.4 Å². The van der Waals surface area contributed by atoms with E-state index in [0.717, 1.165) is 28.3 Å². The number of hydrogen-bond acceptors (Lipinski definition) is 3. The van der Waals surface area contributed by atoms with Gasteiger partial charge in [0, 0.05) is 25.3 Å². The number of hydrogen-bond donors (Lipinski definition) is 0. The monoisotopic (exact) mass is 275 g/mol. The molecule has 1 aromatic rings. The van der Waals surface area contributed by atoms with Crippen LogP contribution in [0.2, 0.25) is 0 Å². The molecule has 0 atom stereocenters. The lowest BCUT2D eigenvalue weighted by molar-refractivity contribution is -0.180. The molecule has 0 amide bonds. The van der Waals surface area contributed by atoms with Crippen LogP contribution in [-0.2, 0) is 23.1 Å². The van der Waals surface area contributed by atoms with Crippen LogP contribution in [0.3, 0.4) is 0 Å². The van der Waals surface area contributed by atoms with Crippen LogP contribution in [0.25, 0.3) is 0 Å². The predicted molar refractivity (Wildman–Crippen MR) is 67.6 cm³/mol. The molecule has 2 heterocycles. The summed E-state index contributed by atoms with van der Waals surface area (Å²) in [5.74, 6) is 0.876. The normalized spacial score (nSPS) is 17.5. The second-order valence-electron chi connectivity index (χ2n) is 4.49. The Morgan fingerprint density at radius 1 is 1.29 bits per heavy atom. The van der Waals surface area contributed by atoms with Gasteiger partial charge in [-0.2, -0.15) is 0 Å². The number of ether oxygens (including phenoxy) is 2. The van der Waals surface area contributed by atoms with Gasteiger partial charge in [0.05, 0.1) is 23.9 Å². The summed E-state index contributed by atoms with van der Waals surface area (Å²) >= 11 is 11.8. The first kappa shape index (κ1) is 12.9. The van der Waals surface area contributed by atoms with E-state index in [1.165, 1.54) is 0 Å². The largest absolute Gasteiger partial charge is 0.461 e. The third kappa shape index (κ3) is 2.37. The van der Waals surface area contributed by atoms with Gasteiger partial charge >= 0.3 is 0 Å². The molecule has 0 bridgehead atoms. The van der Waals surface area contributed by atoms with Crippen LogP contribution in [0.4, 0.5) is 0 Å². The first-order valence-corrected chi connectivity index (χ1v) is 6.51. The van der Waals surface area contributed by atoms with Crippen molar-refractivity contribution >= 4 is 23.2 Å². The van der Waals surface area contributed by atoms with Gasteiger partial charge in [0.15, 0.2) is 0 Å². The fourth-order valence-electron chi connectivity index (χ4n) is 1.93. The molecule has 1 aliphatic heterocycles. The Bertz CT molecular complexity index is 447. The van der Waals surface area contributed by atoms with E-state index in [-0.39, 0.29) is 0 Å². The fourth-order valence-corrected chi connectivity index (χ4v) is 2.46. The Labute approximate surface area is 111 Å². The number of nitrogens with zero attached hydrogens (tertiary/aromatic N) is 1. The molecule has 1 aliphatic rings. The minimum atomic E-state index is -0.620. The molecule has 0 N–H and O–H groups in total. The molecule has 5 heteroatoms. The van der Waals surface area contributed by atoms with Crippen molar-refractivity contribution in [2.24, 2.45) is 0 Å². The van der Waals surface area contributed by atoms with Gasteiger partial charge in [-0.25, -0.2) is 0 Å². The van der Waals surface area contributed by atoms with Gasteiger partial charge in [0.25, 0.3) is 0 Å². The average molecular weight is 276 g/mol. The SMILES string of the molecule is Cc1nc(CCl)c(CCl)c2c1OC(C)(C)OC2. The molecule has 0 unspecified atom stereocenters. The quantitative estimate of drug-likeness (QED) is 0.774. The van der Waals surface area contributed by atoms with Crippen molar-refractivity contribution in [2.75, 3.05) is 0 Å².